The molecule has 0 aromatic heterocycles. The lowest BCUT2D eigenvalue weighted by Gasteiger charge is -2.25. The quantitative estimate of drug-likeness (QED) is 0.773. The molecule has 0 heterocycles. The van der Waals surface area contributed by atoms with Gasteiger partial charge in [0.1, 0.15) is 5.75 Å². The second-order valence-corrected chi connectivity index (χ2v) is 5.12. The van der Waals surface area contributed by atoms with E-state index in [1.165, 1.54) is 25.7 Å². The molecule has 1 aliphatic rings. The van der Waals surface area contributed by atoms with E-state index >= 15 is 0 Å². The molecular formula is C15H21NO. The van der Waals surface area contributed by atoms with Crippen LogP contribution in [0, 0.1) is 12.8 Å². The molecule has 2 nitrogen and oxygen atoms in total. The number of benzene rings is 1. The Morgan fingerprint density at radius 2 is 2.06 bits per heavy atom. The fraction of sp³-hybridized carbons (Fsp3) is 0.533. The van der Waals surface area contributed by atoms with Crippen molar-refractivity contribution >= 4 is 6.21 Å². The number of phenolic OH excluding ortho intramolecular Hbond substituents is 1. The van der Waals surface area contributed by atoms with Crippen molar-refractivity contribution < 1.29 is 5.11 Å². The van der Waals surface area contributed by atoms with E-state index in [2.05, 4.69) is 11.9 Å². The highest BCUT2D eigenvalue weighted by Gasteiger charge is 2.19. The number of nitrogens with zero attached hydrogens (tertiary/aromatic N) is 1. The molecule has 92 valence electrons. The van der Waals surface area contributed by atoms with Crippen LogP contribution < -0.4 is 0 Å². The number of rotatable bonds is 2. The lowest BCUT2D eigenvalue weighted by atomic mass is 9.86. The Kier molecular flexibility index (Phi) is 3.82. The van der Waals surface area contributed by atoms with Crippen LogP contribution in [0.25, 0.3) is 0 Å². The molecule has 0 saturated heterocycles. The third kappa shape index (κ3) is 2.87. The first kappa shape index (κ1) is 12.2. The zero-order valence-corrected chi connectivity index (χ0v) is 10.7. The molecule has 2 unspecified atom stereocenters. The van der Waals surface area contributed by atoms with Gasteiger partial charge in [-0.2, -0.15) is 0 Å². The number of para-hydroxylation sites is 1. The smallest absolute Gasteiger partial charge is 0.127 e. The molecule has 1 aromatic rings. The minimum absolute atomic E-state index is 0.361. The summed E-state index contributed by atoms with van der Waals surface area (Å²) in [5.41, 5.74) is 1.74. The van der Waals surface area contributed by atoms with Gasteiger partial charge >= 0.3 is 0 Å². The Labute approximate surface area is 103 Å². The first-order chi connectivity index (χ1) is 8.18. The van der Waals surface area contributed by atoms with E-state index in [4.69, 9.17) is 0 Å². The van der Waals surface area contributed by atoms with Crippen molar-refractivity contribution in [3.63, 3.8) is 0 Å². The highest BCUT2D eigenvalue weighted by atomic mass is 16.3. The number of phenols is 1. The Morgan fingerprint density at radius 3 is 2.82 bits per heavy atom. The Balaban J connectivity index is 2.11. The predicted molar refractivity (Wildman–Crippen MR) is 71.9 cm³/mol. The molecule has 0 aliphatic heterocycles. The van der Waals surface area contributed by atoms with Crippen molar-refractivity contribution in [1.82, 2.24) is 0 Å². The van der Waals surface area contributed by atoms with Crippen molar-refractivity contribution in [2.24, 2.45) is 10.9 Å². The van der Waals surface area contributed by atoms with Crippen molar-refractivity contribution in [2.75, 3.05) is 0 Å². The molecule has 0 amide bonds. The van der Waals surface area contributed by atoms with Crippen molar-refractivity contribution in [3.05, 3.63) is 29.3 Å². The summed E-state index contributed by atoms with van der Waals surface area (Å²) < 4.78 is 0. The van der Waals surface area contributed by atoms with E-state index in [9.17, 15) is 5.11 Å². The molecule has 1 aliphatic carbocycles. The van der Waals surface area contributed by atoms with Gasteiger partial charge in [0.15, 0.2) is 0 Å². The number of aromatic hydroxyl groups is 1. The molecule has 1 fully saturated rings. The van der Waals surface area contributed by atoms with Crippen LogP contribution in [0.5, 0.6) is 5.75 Å². The van der Waals surface area contributed by atoms with Gasteiger partial charge in [-0.3, -0.25) is 4.99 Å². The fourth-order valence-electron chi connectivity index (χ4n) is 2.48. The molecule has 0 spiro atoms. The van der Waals surface area contributed by atoms with E-state index in [-0.39, 0.29) is 0 Å². The summed E-state index contributed by atoms with van der Waals surface area (Å²) in [5.74, 6) is 1.03. The van der Waals surface area contributed by atoms with Gasteiger partial charge < -0.3 is 5.11 Å². The maximum Gasteiger partial charge on any atom is 0.127 e. The summed E-state index contributed by atoms with van der Waals surface area (Å²) in [6, 6.07) is 6.22. The van der Waals surface area contributed by atoms with Gasteiger partial charge in [-0.1, -0.05) is 31.9 Å². The number of hydrogen-bond donors (Lipinski definition) is 1. The lowest BCUT2D eigenvalue weighted by Crippen LogP contribution is -2.20. The highest BCUT2D eigenvalue weighted by molar-refractivity contribution is 5.84. The number of aryl methyl sites for hydroxylation is 1. The Hall–Kier alpha value is -1.31. The van der Waals surface area contributed by atoms with E-state index < -0.39 is 0 Å². The van der Waals surface area contributed by atoms with Gasteiger partial charge in [0.2, 0.25) is 0 Å². The van der Waals surface area contributed by atoms with Crippen LogP contribution in [0.3, 0.4) is 0 Å². The highest BCUT2D eigenvalue weighted by Crippen LogP contribution is 2.27. The van der Waals surface area contributed by atoms with E-state index in [1.54, 1.807) is 0 Å². The van der Waals surface area contributed by atoms with Crippen LogP contribution in [-0.4, -0.2) is 17.4 Å². The van der Waals surface area contributed by atoms with Crippen LogP contribution in [0.15, 0.2) is 23.2 Å². The fourth-order valence-corrected chi connectivity index (χ4v) is 2.48. The molecule has 2 rings (SSSR count). The largest absolute Gasteiger partial charge is 0.507 e. The maximum absolute atomic E-state index is 9.90. The molecule has 0 radical (unpaired) electrons. The van der Waals surface area contributed by atoms with Crippen molar-refractivity contribution in [2.45, 2.75) is 45.6 Å². The first-order valence-electron chi connectivity index (χ1n) is 6.50. The van der Waals surface area contributed by atoms with E-state index in [1.807, 2.05) is 31.3 Å². The predicted octanol–water partition coefficient (Wildman–Crippen LogP) is 3.70. The Bertz CT molecular complexity index is 411. The molecule has 1 aromatic carbocycles. The van der Waals surface area contributed by atoms with Crippen LogP contribution in [0.4, 0.5) is 0 Å². The van der Waals surface area contributed by atoms with E-state index in [0.717, 1.165) is 11.1 Å². The SMILES string of the molecule is Cc1cccc(C=NC2CCCCC2C)c1O. The normalized spacial score (nSPS) is 25.3. The molecule has 17 heavy (non-hydrogen) atoms. The lowest BCUT2D eigenvalue weighted by molar-refractivity contribution is 0.333. The van der Waals surface area contributed by atoms with Gasteiger partial charge in [0.25, 0.3) is 0 Å². The third-order valence-electron chi connectivity index (χ3n) is 3.74. The van der Waals surface area contributed by atoms with Crippen LogP contribution in [0.1, 0.15) is 43.7 Å². The van der Waals surface area contributed by atoms with Gasteiger partial charge in [-0.25, -0.2) is 0 Å². The second-order valence-electron chi connectivity index (χ2n) is 5.12. The minimum Gasteiger partial charge on any atom is -0.507 e. The summed E-state index contributed by atoms with van der Waals surface area (Å²) in [7, 11) is 0. The topological polar surface area (TPSA) is 32.6 Å². The monoisotopic (exact) mass is 231 g/mol. The maximum atomic E-state index is 9.90. The second kappa shape index (κ2) is 5.35. The summed E-state index contributed by atoms with van der Waals surface area (Å²) in [6.07, 6.45) is 6.93. The van der Waals surface area contributed by atoms with Crippen LogP contribution >= 0.6 is 0 Å². The minimum atomic E-state index is 0.361. The van der Waals surface area contributed by atoms with Gasteiger partial charge in [-0.05, 0) is 37.3 Å². The zero-order chi connectivity index (χ0) is 12.3. The molecule has 2 atom stereocenters. The molecule has 0 bridgehead atoms. The average molecular weight is 231 g/mol. The number of aliphatic imine (C=N–C) groups is 1. The molecule has 1 N–H and O–H groups in total. The molecule has 1 saturated carbocycles. The van der Waals surface area contributed by atoms with Crippen molar-refractivity contribution in [1.29, 1.82) is 0 Å². The summed E-state index contributed by atoms with van der Waals surface area (Å²) in [5, 5.41) is 9.90. The summed E-state index contributed by atoms with van der Waals surface area (Å²) >= 11 is 0. The van der Waals surface area contributed by atoms with Crippen LogP contribution in [0.2, 0.25) is 0 Å². The Morgan fingerprint density at radius 1 is 1.29 bits per heavy atom. The van der Waals surface area contributed by atoms with E-state index in [0.29, 0.717) is 17.7 Å². The van der Waals surface area contributed by atoms with Crippen LogP contribution in [-0.2, 0) is 0 Å². The van der Waals surface area contributed by atoms with Gasteiger partial charge in [-0.15, -0.1) is 0 Å². The molecule has 2 heteroatoms. The van der Waals surface area contributed by atoms with Gasteiger partial charge in [0, 0.05) is 11.8 Å². The van der Waals surface area contributed by atoms with Crippen molar-refractivity contribution in [3.8, 4) is 5.75 Å². The van der Waals surface area contributed by atoms with Gasteiger partial charge in [0.05, 0.1) is 6.04 Å². The summed E-state index contributed by atoms with van der Waals surface area (Å²) in [4.78, 5) is 4.65. The standard InChI is InChI=1S/C15H21NO/c1-11-6-3-4-9-14(11)16-10-13-8-5-7-12(2)15(13)17/h5,7-8,10-11,14,17H,3-4,6,9H2,1-2H3. The summed E-state index contributed by atoms with van der Waals surface area (Å²) in [6.45, 7) is 4.19. The average Bonchev–Trinajstić information content (AvgIpc) is 2.33. The molecular weight excluding hydrogens is 210 g/mol. The zero-order valence-electron chi connectivity index (χ0n) is 10.7. The number of hydrogen-bond acceptors (Lipinski definition) is 2. The third-order valence-corrected chi connectivity index (χ3v) is 3.74. The first-order valence-corrected chi connectivity index (χ1v) is 6.50.